The summed E-state index contributed by atoms with van der Waals surface area (Å²) < 4.78 is 31.7. The van der Waals surface area contributed by atoms with Crippen LogP contribution in [0.3, 0.4) is 0 Å². The molecule has 122 valence electrons. The van der Waals surface area contributed by atoms with Gasteiger partial charge in [-0.25, -0.2) is 13.6 Å². The Kier molecular flexibility index (Phi) is 3.89. The summed E-state index contributed by atoms with van der Waals surface area (Å²) in [6.07, 6.45) is -0.334. The normalized spacial score (nSPS) is 21.4. The minimum Gasteiger partial charge on any atom is -0.465 e. The monoisotopic (exact) mass is 324 g/mol. The lowest BCUT2D eigenvalue weighted by Gasteiger charge is -2.37. The number of aromatic nitrogens is 1. The molecule has 23 heavy (non-hydrogen) atoms. The fourth-order valence-electron chi connectivity index (χ4n) is 2.99. The van der Waals surface area contributed by atoms with Crippen LogP contribution in [0.4, 0.5) is 13.6 Å². The minimum atomic E-state index is -1.13. The molecule has 1 saturated heterocycles. The zero-order valence-electron chi connectivity index (χ0n) is 12.0. The van der Waals surface area contributed by atoms with Gasteiger partial charge < -0.3 is 14.5 Å². The minimum absolute atomic E-state index is 0.178. The van der Waals surface area contributed by atoms with Crippen molar-refractivity contribution in [2.75, 3.05) is 6.54 Å². The molecule has 0 radical (unpaired) electrons. The fourth-order valence-corrected chi connectivity index (χ4v) is 2.99. The average molecular weight is 324 g/mol. The topological polar surface area (TPSA) is 86.5 Å². The maximum absolute atomic E-state index is 13.5. The molecular weight excluding hydrogens is 310 g/mol. The molecular formula is C15H14F2N2O4. The molecule has 1 aromatic heterocycles. The van der Waals surface area contributed by atoms with E-state index in [1.807, 2.05) is 0 Å². The van der Waals surface area contributed by atoms with Crippen LogP contribution in [0.15, 0.2) is 33.6 Å². The van der Waals surface area contributed by atoms with E-state index >= 15 is 0 Å². The molecule has 0 aliphatic carbocycles. The Morgan fingerprint density at radius 1 is 1.30 bits per heavy atom. The van der Waals surface area contributed by atoms with Crippen LogP contribution in [-0.4, -0.2) is 27.8 Å². The number of piperidine rings is 1. The number of rotatable bonds is 2. The number of aromatic amines is 1. The predicted molar refractivity (Wildman–Crippen MR) is 75.1 cm³/mol. The molecule has 0 spiro atoms. The van der Waals surface area contributed by atoms with E-state index in [1.54, 1.807) is 0 Å². The molecule has 1 aliphatic rings. The summed E-state index contributed by atoms with van der Waals surface area (Å²) in [5.41, 5.74) is -0.000997. The number of amides is 1. The summed E-state index contributed by atoms with van der Waals surface area (Å²) in [5, 5.41) is 11.5. The van der Waals surface area contributed by atoms with Gasteiger partial charge in [-0.2, -0.15) is 5.16 Å². The fraction of sp³-hybridized carbons (Fsp3) is 0.333. The number of likely N-dealkylation sites (tertiary alicyclic amines) is 1. The van der Waals surface area contributed by atoms with Crippen LogP contribution in [0.2, 0.25) is 0 Å². The van der Waals surface area contributed by atoms with E-state index in [0.717, 1.165) is 12.1 Å². The Bertz CT molecular complexity index is 786. The number of hydrogen-bond acceptors (Lipinski definition) is 3. The predicted octanol–water partition coefficient (Wildman–Crippen LogP) is 2.84. The van der Waals surface area contributed by atoms with Gasteiger partial charge in [0.2, 0.25) is 0 Å². The van der Waals surface area contributed by atoms with Gasteiger partial charge in [0.1, 0.15) is 5.76 Å². The highest BCUT2D eigenvalue weighted by atomic mass is 19.2. The third-order valence-corrected chi connectivity index (χ3v) is 4.12. The lowest BCUT2D eigenvalue weighted by Crippen LogP contribution is -2.39. The molecule has 2 aromatic rings. The second-order valence-electron chi connectivity index (χ2n) is 5.50. The third-order valence-electron chi connectivity index (χ3n) is 4.12. The zero-order valence-corrected chi connectivity index (χ0v) is 12.0. The number of carbonyl (C=O) groups is 1. The molecule has 0 unspecified atom stereocenters. The highest BCUT2D eigenvalue weighted by Crippen LogP contribution is 2.39. The van der Waals surface area contributed by atoms with E-state index in [4.69, 9.17) is 4.52 Å². The molecule has 2 atom stereocenters. The van der Waals surface area contributed by atoms with Gasteiger partial charge in [0.15, 0.2) is 11.6 Å². The smallest absolute Gasteiger partial charge is 0.407 e. The van der Waals surface area contributed by atoms with Crippen LogP contribution in [0.25, 0.3) is 0 Å². The largest absolute Gasteiger partial charge is 0.465 e. The first-order valence-corrected chi connectivity index (χ1v) is 7.08. The molecule has 3 rings (SSSR count). The first-order valence-electron chi connectivity index (χ1n) is 7.08. The van der Waals surface area contributed by atoms with Crippen LogP contribution >= 0.6 is 0 Å². The third kappa shape index (κ3) is 2.96. The van der Waals surface area contributed by atoms with E-state index < -0.39 is 23.8 Å². The van der Waals surface area contributed by atoms with Crippen LogP contribution in [0.1, 0.15) is 36.1 Å². The van der Waals surface area contributed by atoms with Gasteiger partial charge in [0, 0.05) is 18.5 Å². The molecule has 8 heteroatoms. The molecule has 0 bridgehead atoms. The summed E-state index contributed by atoms with van der Waals surface area (Å²) in [6, 6.07) is 4.04. The van der Waals surface area contributed by atoms with Crippen molar-refractivity contribution in [2.45, 2.75) is 24.8 Å². The van der Waals surface area contributed by atoms with Gasteiger partial charge >= 0.3 is 6.09 Å². The molecule has 6 nitrogen and oxygen atoms in total. The van der Waals surface area contributed by atoms with Gasteiger partial charge in [-0.3, -0.25) is 4.79 Å². The Hall–Kier alpha value is -2.64. The van der Waals surface area contributed by atoms with E-state index in [1.165, 1.54) is 17.0 Å². The van der Waals surface area contributed by atoms with Crippen molar-refractivity contribution < 1.29 is 23.2 Å². The lowest BCUT2D eigenvalue weighted by atomic mass is 9.86. The molecule has 1 amide bonds. The lowest BCUT2D eigenvalue weighted by molar-refractivity contribution is 0.0966. The Balaban J connectivity index is 1.92. The molecule has 1 aromatic carbocycles. The maximum Gasteiger partial charge on any atom is 0.407 e. The van der Waals surface area contributed by atoms with Crippen LogP contribution in [-0.2, 0) is 0 Å². The second-order valence-corrected chi connectivity index (χ2v) is 5.50. The van der Waals surface area contributed by atoms with Gasteiger partial charge in [0.25, 0.3) is 5.56 Å². The highest BCUT2D eigenvalue weighted by Gasteiger charge is 2.35. The number of nitrogens with zero attached hydrogens (tertiary/aromatic N) is 1. The van der Waals surface area contributed by atoms with Crippen LogP contribution in [0.5, 0.6) is 0 Å². The van der Waals surface area contributed by atoms with Crippen molar-refractivity contribution in [1.82, 2.24) is 10.1 Å². The molecule has 1 fully saturated rings. The SMILES string of the molecule is O=C(O)N1CC[C@@H](c2cc(=O)[nH]o2)C[C@@H]1c1ccc(F)c(F)c1. The Morgan fingerprint density at radius 2 is 2.09 bits per heavy atom. The van der Waals surface area contributed by atoms with Gasteiger partial charge in [-0.05, 0) is 30.5 Å². The Labute approximate surface area is 129 Å². The number of nitrogens with one attached hydrogen (secondary N) is 1. The van der Waals surface area contributed by atoms with Gasteiger partial charge in [0.05, 0.1) is 6.04 Å². The van der Waals surface area contributed by atoms with E-state index in [0.29, 0.717) is 24.2 Å². The molecule has 2 heterocycles. The van der Waals surface area contributed by atoms with Crippen molar-refractivity contribution in [3.05, 3.63) is 57.6 Å². The second kappa shape index (κ2) is 5.86. The highest BCUT2D eigenvalue weighted by molar-refractivity contribution is 5.66. The van der Waals surface area contributed by atoms with E-state index in [9.17, 15) is 23.5 Å². The number of halogens is 2. The van der Waals surface area contributed by atoms with Crippen molar-refractivity contribution in [3.63, 3.8) is 0 Å². The summed E-state index contributed by atoms with van der Waals surface area (Å²) in [5.74, 6) is -1.75. The number of carboxylic acid groups (broad SMARTS) is 1. The molecule has 0 saturated carbocycles. The molecule has 2 N–H and O–H groups in total. The quantitative estimate of drug-likeness (QED) is 0.889. The van der Waals surface area contributed by atoms with E-state index in [2.05, 4.69) is 5.16 Å². The van der Waals surface area contributed by atoms with E-state index in [-0.39, 0.29) is 18.0 Å². The summed E-state index contributed by atoms with van der Waals surface area (Å²) in [7, 11) is 0. The van der Waals surface area contributed by atoms with Crippen LogP contribution < -0.4 is 5.56 Å². The average Bonchev–Trinajstić information content (AvgIpc) is 2.96. The first-order chi connectivity index (χ1) is 11.0. The number of H-pyrrole nitrogens is 1. The van der Waals surface area contributed by atoms with Crippen molar-refractivity contribution in [1.29, 1.82) is 0 Å². The first kappa shape index (κ1) is 15.3. The summed E-state index contributed by atoms with van der Waals surface area (Å²) >= 11 is 0. The summed E-state index contributed by atoms with van der Waals surface area (Å²) in [4.78, 5) is 23.8. The number of benzene rings is 1. The molecule has 1 aliphatic heterocycles. The summed E-state index contributed by atoms with van der Waals surface area (Å²) in [6.45, 7) is 0.207. The van der Waals surface area contributed by atoms with Crippen LogP contribution in [0, 0.1) is 11.6 Å². The van der Waals surface area contributed by atoms with Gasteiger partial charge in [-0.1, -0.05) is 6.07 Å². The van der Waals surface area contributed by atoms with Crippen molar-refractivity contribution in [3.8, 4) is 0 Å². The zero-order chi connectivity index (χ0) is 16.6. The standard InChI is InChI=1S/C15H14F2N2O4/c16-10-2-1-8(5-11(10)17)12-6-9(3-4-19(12)15(21)22)13-7-14(20)18-23-13/h1-2,5,7,9,12H,3-4,6H2,(H,18,20)(H,21,22)/t9-,12-/m1/s1. The van der Waals surface area contributed by atoms with Crippen molar-refractivity contribution >= 4 is 6.09 Å². The maximum atomic E-state index is 13.5. The Morgan fingerprint density at radius 3 is 2.70 bits per heavy atom. The number of hydrogen-bond donors (Lipinski definition) is 2. The van der Waals surface area contributed by atoms with Crippen molar-refractivity contribution in [2.24, 2.45) is 0 Å². The van der Waals surface area contributed by atoms with Gasteiger partial charge in [-0.15, -0.1) is 0 Å².